The Balaban J connectivity index is 1.74. The Morgan fingerprint density at radius 3 is 2.88 bits per heavy atom. The third-order valence-electron chi connectivity index (χ3n) is 3.67. The highest BCUT2D eigenvalue weighted by molar-refractivity contribution is 5.37. The van der Waals surface area contributed by atoms with Crippen molar-refractivity contribution in [2.75, 3.05) is 6.54 Å². The highest BCUT2D eigenvalue weighted by Crippen LogP contribution is 2.26. The van der Waals surface area contributed by atoms with Crippen molar-refractivity contribution in [3.8, 4) is 5.75 Å². The lowest BCUT2D eigenvalue weighted by Crippen LogP contribution is -2.23. The average molecular weight is 217 g/mol. The second-order valence-corrected chi connectivity index (χ2v) is 4.88. The van der Waals surface area contributed by atoms with Gasteiger partial charge in [0, 0.05) is 6.54 Å². The molecule has 16 heavy (non-hydrogen) atoms. The number of hydrogen-bond acceptors (Lipinski definition) is 2. The number of rotatable bonds is 2. The van der Waals surface area contributed by atoms with Gasteiger partial charge in [-0.15, -0.1) is 0 Å². The zero-order valence-corrected chi connectivity index (χ0v) is 9.67. The molecule has 86 valence electrons. The molecular weight excluding hydrogens is 198 g/mol. The average Bonchev–Trinajstić information content (AvgIpc) is 2.82. The van der Waals surface area contributed by atoms with Gasteiger partial charge in [-0.2, -0.15) is 0 Å². The first-order valence-corrected chi connectivity index (χ1v) is 6.41. The van der Waals surface area contributed by atoms with Crippen LogP contribution in [0, 0.1) is 0 Å². The molecule has 2 nitrogen and oxygen atoms in total. The number of benzene rings is 1. The highest BCUT2D eigenvalue weighted by Gasteiger charge is 2.17. The van der Waals surface area contributed by atoms with Crippen LogP contribution in [0.4, 0.5) is 0 Å². The van der Waals surface area contributed by atoms with Gasteiger partial charge in [0.05, 0.1) is 6.10 Å². The molecule has 1 heterocycles. The Hall–Kier alpha value is -1.02. The summed E-state index contributed by atoms with van der Waals surface area (Å²) in [5, 5.41) is 3.39. The number of ether oxygens (including phenoxy) is 1. The minimum Gasteiger partial charge on any atom is -0.490 e. The van der Waals surface area contributed by atoms with Crippen molar-refractivity contribution in [1.82, 2.24) is 5.32 Å². The maximum Gasteiger partial charge on any atom is 0.120 e. The summed E-state index contributed by atoms with van der Waals surface area (Å²) < 4.78 is 6.02. The molecular formula is C14H19NO. The molecule has 1 saturated carbocycles. The van der Waals surface area contributed by atoms with Crippen LogP contribution in [-0.4, -0.2) is 12.6 Å². The van der Waals surface area contributed by atoms with Crippen LogP contribution < -0.4 is 10.1 Å². The third-order valence-corrected chi connectivity index (χ3v) is 3.67. The van der Waals surface area contributed by atoms with Gasteiger partial charge in [-0.05, 0) is 61.9 Å². The molecule has 0 amide bonds. The molecule has 2 heteroatoms. The second-order valence-electron chi connectivity index (χ2n) is 4.88. The highest BCUT2D eigenvalue weighted by atomic mass is 16.5. The van der Waals surface area contributed by atoms with E-state index in [2.05, 4.69) is 23.5 Å². The van der Waals surface area contributed by atoms with Gasteiger partial charge in [0.15, 0.2) is 0 Å². The summed E-state index contributed by atoms with van der Waals surface area (Å²) in [5.41, 5.74) is 2.90. The Morgan fingerprint density at radius 2 is 2.00 bits per heavy atom. The Morgan fingerprint density at radius 1 is 1.12 bits per heavy atom. The SMILES string of the molecule is c1cc2c(cc1OC1CCCC1)CCNC2. The van der Waals surface area contributed by atoms with Gasteiger partial charge in [0.2, 0.25) is 0 Å². The van der Waals surface area contributed by atoms with E-state index in [1.54, 1.807) is 0 Å². The van der Waals surface area contributed by atoms with E-state index in [1.807, 2.05) is 0 Å². The smallest absolute Gasteiger partial charge is 0.120 e. The van der Waals surface area contributed by atoms with E-state index >= 15 is 0 Å². The maximum atomic E-state index is 6.02. The summed E-state index contributed by atoms with van der Waals surface area (Å²) in [6.07, 6.45) is 6.74. The first kappa shape index (κ1) is 10.2. The Kier molecular flexibility index (Phi) is 2.83. The molecule has 1 aromatic carbocycles. The van der Waals surface area contributed by atoms with Crippen LogP contribution in [-0.2, 0) is 13.0 Å². The van der Waals surface area contributed by atoms with Crippen molar-refractivity contribution in [2.45, 2.75) is 44.8 Å². The van der Waals surface area contributed by atoms with Crippen LogP contribution in [0.2, 0.25) is 0 Å². The first-order chi connectivity index (χ1) is 7.92. The van der Waals surface area contributed by atoms with E-state index in [0.717, 1.165) is 25.3 Å². The van der Waals surface area contributed by atoms with Crippen LogP contribution in [0.3, 0.4) is 0 Å². The summed E-state index contributed by atoms with van der Waals surface area (Å²) in [6, 6.07) is 6.59. The number of nitrogens with one attached hydrogen (secondary N) is 1. The van der Waals surface area contributed by atoms with Crippen molar-refractivity contribution >= 4 is 0 Å². The van der Waals surface area contributed by atoms with Crippen molar-refractivity contribution in [3.05, 3.63) is 29.3 Å². The number of fused-ring (bicyclic) bond motifs is 1. The quantitative estimate of drug-likeness (QED) is 0.822. The largest absolute Gasteiger partial charge is 0.490 e. The molecule has 1 N–H and O–H groups in total. The molecule has 1 aliphatic carbocycles. The van der Waals surface area contributed by atoms with Gasteiger partial charge in [-0.25, -0.2) is 0 Å². The molecule has 0 aromatic heterocycles. The van der Waals surface area contributed by atoms with Crippen molar-refractivity contribution in [2.24, 2.45) is 0 Å². The van der Waals surface area contributed by atoms with E-state index in [4.69, 9.17) is 4.74 Å². The van der Waals surface area contributed by atoms with Gasteiger partial charge in [0.25, 0.3) is 0 Å². The standard InChI is InChI=1S/C14H19NO/c1-2-4-13(3-1)16-14-6-5-12-10-15-8-7-11(12)9-14/h5-6,9,13,15H,1-4,7-8,10H2. The molecule has 1 aliphatic heterocycles. The molecule has 0 bridgehead atoms. The Labute approximate surface area is 97.0 Å². The van der Waals surface area contributed by atoms with E-state index in [1.165, 1.54) is 36.8 Å². The lowest BCUT2D eigenvalue weighted by molar-refractivity contribution is 0.209. The summed E-state index contributed by atoms with van der Waals surface area (Å²) in [6.45, 7) is 2.11. The minimum absolute atomic E-state index is 0.472. The van der Waals surface area contributed by atoms with Gasteiger partial charge in [0.1, 0.15) is 5.75 Å². The monoisotopic (exact) mass is 217 g/mol. The van der Waals surface area contributed by atoms with E-state index in [0.29, 0.717) is 6.10 Å². The molecule has 0 radical (unpaired) electrons. The summed E-state index contributed by atoms with van der Waals surface area (Å²) in [5.74, 6) is 1.08. The van der Waals surface area contributed by atoms with E-state index in [-0.39, 0.29) is 0 Å². The van der Waals surface area contributed by atoms with Crippen LogP contribution in [0.15, 0.2) is 18.2 Å². The molecule has 1 aromatic rings. The van der Waals surface area contributed by atoms with Crippen LogP contribution in [0.1, 0.15) is 36.8 Å². The Bertz CT molecular complexity index is 369. The molecule has 0 saturated heterocycles. The fourth-order valence-electron chi connectivity index (χ4n) is 2.73. The van der Waals surface area contributed by atoms with Crippen molar-refractivity contribution in [1.29, 1.82) is 0 Å². The third kappa shape index (κ3) is 2.07. The summed E-state index contributed by atoms with van der Waals surface area (Å²) in [7, 11) is 0. The molecule has 3 rings (SSSR count). The number of hydrogen-bond donors (Lipinski definition) is 1. The fraction of sp³-hybridized carbons (Fsp3) is 0.571. The second kappa shape index (κ2) is 4.46. The topological polar surface area (TPSA) is 21.3 Å². The molecule has 0 spiro atoms. The molecule has 1 fully saturated rings. The van der Waals surface area contributed by atoms with Gasteiger partial charge >= 0.3 is 0 Å². The van der Waals surface area contributed by atoms with Gasteiger partial charge in [-0.3, -0.25) is 0 Å². The van der Waals surface area contributed by atoms with Crippen LogP contribution >= 0.6 is 0 Å². The van der Waals surface area contributed by atoms with Crippen molar-refractivity contribution in [3.63, 3.8) is 0 Å². The van der Waals surface area contributed by atoms with Crippen LogP contribution in [0.5, 0.6) is 5.75 Å². The molecule has 0 unspecified atom stereocenters. The zero-order valence-electron chi connectivity index (χ0n) is 9.67. The van der Waals surface area contributed by atoms with E-state index in [9.17, 15) is 0 Å². The lowest BCUT2D eigenvalue weighted by Gasteiger charge is -2.19. The van der Waals surface area contributed by atoms with Crippen LogP contribution in [0.25, 0.3) is 0 Å². The fourth-order valence-corrected chi connectivity index (χ4v) is 2.73. The predicted molar refractivity (Wildman–Crippen MR) is 64.7 cm³/mol. The summed E-state index contributed by atoms with van der Waals surface area (Å²) in [4.78, 5) is 0. The van der Waals surface area contributed by atoms with E-state index < -0.39 is 0 Å². The van der Waals surface area contributed by atoms with Crippen molar-refractivity contribution < 1.29 is 4.74 Å². The predicted octanol–water partition coefficient (Wildman–Crippen LogP) is 2.65. The minimum atomic E-state index is 0.472. The lowest BCUT2D eigenvalue weighted by atomic mass is 10.0. The van der Waals surface area contributed by atoms with Gasteiger partial charge in [-0.1, -0.05) is 6.07 Å². The zero-order chi connectivity index (χ0) is 10.8. The normalized spacial score (nSPS) is 20.8. The summed E-state index contributed by atoms with van der Waals surface area (Å²) >= 11 is 0. The molecule has 0 atom stereocenters. The molecule has 2 aliphatic rings. The van der Waals surface area contributed by atoms with Gasteiger partial charge < -0.3 is 10.1 Å². The first-order valence-electron chi connectivity index (χ1n) is 6.41. The maximum absolute atomic E-state index is 6.02.